The van der Waals surface area contributed by atoms with E-state index in [1.54, 1.807) is 23.1 Å². The molecular formula is C28H26Cl2FN3O5. The van der Waals surface area contributed by atoms with Crippen LogP contribution in [-0.2, 0) is 11.3 Å². The molecule has 2 N–H and O–H groups in total. The average molecular weight is 574 g/mol. The molecule has 3 aromatic rings. The maximum absolute atomic E-state index is 14.4. The van der Waals surface area contributed by atoms with Crippen LogP contribution < -0.4 is 5.32 Å². The number of carbonyl (C=O) groups excluding carboxylic acids is 1. The molecule has 2 amide bonds. The first-order valence-electron chi connectivity index (χ1n) is 13.0. The van der Waals surface area contributed by atoms with Crippen molar-refractivity contribution in [3.63, 3.8) is 0 Å². The van der Waals surface area contributed by atoms with Gasteiger partial charge in [0.05, 0.1) is 34.0 Å². The molecule has 2 aliphatic heterocycles. The number of fused-ring (bicyclic) bond motifs is 2. The van der Waals surface area contributed by atoms with Gasteiger partial charge in [-0.15, -0.1) is 0 Å². The van der Waals surface area contributed by atoms with Gasteiger partial charge in [-0.1, -0.05) is 34.4 Å². The van der Waals surface area contributed by atoms with Crippen LogP contribution in [0.3, 0.4) is 0 Å². The van der Waals surface area contributed by atoms with Crippen LogP contribution in [-0.4, -0.2) is 45.4 Å². The van der Waals surface area contributed by atoms with E-state index >= 15 is 0 Å². The van der Waals surface area contributed by atoms with Crippen molar-refractivity contribution in [3.05, 3.63) is 69.1 Å². The van der Waals surface area contributed by atoms with Crippen molar-refractivity contribution in [2.24, 2.45) is 0 Å². The lowest BCUT2D eigenvalue weighted by atomic mass is 9.99. The van der Waals surface area contributed by atoms with Gasteiger partial charge in [-0.25, -0.2) is 14.0 Å². The van der Waals surface area contributed by atoms with Crippen LogP contribution >= 0.6 is 23.2 Å². The second-order valence-corrected chi connectivity index (χ2v) is 11.2. The summed E-state index contributed by atoms with van der Waals surface area (Å²) in [5, 5.41) is 17.0. The number of carboxylic acid groups (broad SMARTS) is 1. The number of anilines is 1. The van der Waals surface area contributed by atoms with Gasteiger partial charge in [-0.2, -0.15) is 0 Å². The van der Waals surface area contributed by atoms with Crippen LogP contribution in [0.4, 0.5) is 14.9 Å². The number of rotatable bonds is 7. The summed E-state index contributed by atoms with van der Waals surface area (Å²) in [6, 6.07) is 8.27. The van der Waals surface area contributed by atoms with Crippen molar-refractivity contribution in [1.82, 2.24) is 10.1 Å². The van der Waals surface area contributed by atoms with E-state index < -0.39 is 17.8 Å². The van der Waals surface area contributed by atoms with Gasteiger partial charge in [0.1, 0.15) is 17.3 Å². The van der Waals surface area contributed by atoms with Gasteiger partial charge in [0.2, 0.25) is 0 Å². The number of benzene rings is 2. The van der Waals surface area contributed by atoms with Crippen LogP contribution in [0.1, 0.15) is 66.1 Å². The summed E-state index contributed by atoms with van der Waals surface area (Å²) >= 11 is 12.9. The highest BCUT2D eigenvalue weighted by Crippen LogP contribution is 2.46. The number of piperidine rings is 1. The molecule has 39 heavy (non-hydrogen) atoms. The number of aromatic carboxylic acids is 1. The van der Waals surface area contributed by atoms with Crippen molar-refractivity contribution < 1.29 is 28.3 Å². The Labute approximate surface area is 234 Å². The number of nitrogens with one attached hydrogen (secondary N) is 1. The van der Waals surface area contributed by atoms with Gasteiger partial charge in [0.15, 0.2) is 0 Å². The minimum absolute atomic E-state index is 0.0436. The van der Waals surface area contributed by atoms with Crippen LogP contribution in [0.2, 0.25) is 10.0 Å². The first kappa shape index (κ1) is 26.1. The van der Waals surface area contributed by atoms with E-state index in [-0.39, 0.29) is 29.4 Å². The van der Waals surface area contributed by atoms with Crippen LogP contribution in [0.25, 0.3) is 11.3 Å². The van der Waals surface area contributed by atoms with Gasteiger partial charge in [-0.3, -0.25) is 0 Å². The lowest BCUT2D eigenvalue weighted by Gasteiger charge is -2.38. The van der Waals surface area contributed by atoms with Crippen molar-refractivity contribution in [2.75, 3.05) is 5.32 Å². The minimum atomic E-state index is -1.23. The maximum atomic E-state index is 14.4. The summed E-state index contributed by atoms with van der Waals surface area (Å²) in [5.74, 6) is -0.887. The Morgan fingerprint density at radius 2 is 1.79 bits per heavy atom. The minimum Gasteiger partial charge on any atom is -0.478 e. The van der Waals surface area contributed by atoms with E-state index in [0.29, 0.717) is 46.7 Å². The number of urea groups is 1. The first-order chi connectivity index (χ1) is 18.8. The molecule has 6 rings (SSSR count). The average Bonchev–Trinajstić information content (AvgIpc) is 3.60. The molecule has 8 nitrogen and oxygen atoms in total. The molecule has 3 fully saturated rings. The molecule has 2 aromatic carbocycles. The molecule has 3 aliphatic rings. The molecule has 2 atom stereocenters. The molecule has 0 radical (unpaired) electrons. The largest absolute Gasteiger partial charge is 0.478 e. The third kappa shape index (κ3) is 5.11. The normalized spacial score (nSPS) is 22.2. The highest BCUT2D eigenvalue weighted by atomic mass is 35.5. The molecule has 2 saturated heterocycles. The fourth-order valence-electron chi connectivity index (χ4n) is 5.77. The molecule has 2 bridgehead atoms. The molecule has 3 heterocycles. The third-order valence-electron chi connectivity index (χ3n) is 7.81. The van der Waals surface area contributed by atoms with Gasteiger partial charge < -0.3 is 24.6 Å². The Morgan fingerprint density at radius 3 is 2.41 bits per heavy atom. The molecule has 1 aliphatic carbocycles. The number of halogens is 3. The summed E-state index contributed by atoms with van der Waals surface area (Å²) in [4.78, 5) is 25.9. The fraction of sp³-hybridized carbons (Fsp3) is 0.393. The number of hydrogen-bond donors (Lipinski definition) is 2. The quantitative estimate of drug-likeness (QED) is 0.312. The lowest BCUT2D eigenvalue weighted by Crippen LogP contribution is -2.50. The Morgan fingerprint density at radius 1 is 1.10 bits per heavy atom. The number of amides is 2. The topological polar surface area (TPSA) is 105 Å². The SMILES string of the molecule is O=C(O)c1ccc(NC(=O)N2C3CCC2CC(OCc2c(-c4c(Cl)cccc4Cl)noc2C2CC2)C3)c(F)c1. The van der Waals surface area contributed by atoms with Crippen LogP contribution in [0.15, 0.2) is 40.9 Å². The monoisotopic (exact) mass is 573 g/mol. The number of carbonyl (C=O) groups is 2. The number of hydrogen-bond acceptors (Lipinski definition) is 5. The van der Waals surface area contributed by atoms with E-state index in [9.17, 15) is 14.0 Å². The maximum Gasteiger partial charge on any atom is 0.335 e. The van der Waals surface area contributed by atoms with Crippen LogP contribution in [0.5, 0.6) is 0 Å². The molecule has 1 aromatic heterocycles. The predicted molar refractivity (Wildman–Crippen MR) is 143 cm³/mol. The van der Waals surface area contributed by atoms with E-state index in [1.165, 1.54) is 12.1 Å². The van der Waals surface area contributed by atoms with Gasteiger partial charge in [-0.05, 0) is 68.9 Å². The molecule has 204 valence electrons. The van der Waals surface area contributed by atoms with Crippen LogP contribution in [0, 0.1) is 5.82 Å². The summed E-state index contributed by atoms with van der Waals surface area (Å²) < 4.78 is 26.5. The number of ether oxygens (including phenoxy) is 1. The van der Waals surface area contributed by atoms with Crippen molar-refractivity contribution >= 4 is 40.9 Å². The van der Waals surface area contributed by atoms with Gasteiger partial charge in [0.25, 0.3) is 0 Å². The van der Waals surface area contributed by atoms with Gasteiger partial charge in [0, 0.05) is 29.1 Å². The lowest BCUT2D eigenvalue weighted by molar-refractivity contribution is -0.0158. The Kier molecular flexibility index (Phi) is 6.99. The number of nitrogens with zero attached hydrogens (tertiary/aromatic N) is 2. The zero-order valence-corrected chi connectivity index (χ0v) is 22.3. The highest BCUT2D eigenvalue weighted by molar-refractivity contribution is 6.39. The first-order valence-corrected chi connectivity index (χ1v) is 13.7. The molecule has 1 saturated carbocycles. The second-order valence-electron chi connectivity index (χ2n) is 10.4. The van der Waals surface area contributed by atoms with E-state index in [4.69, 9.17) is 37.6 Å². The predicted octanol–water partition coefficient (Wildman–Crippen LogP) is 7.11. The molecule has 2 unspecified atom stereocenters. The second kappa shape index (κ2) is 10.4. The summed E-state index contributed by atoms with van der Waals surface area (Å²) in [6.45, 7) is 0.295. The smallest absolute Gasteiger partial charge is 0.335 e. The van der Waals surface area contributed by atoms with E-state index in [1.807, 2.05) is 0 Å². The zero-order chi connectivity index (χ0) is 27.3. The number of aromatic nitrogens is 1. The van der Waals surface area contributed by atoms with Crippen molar-refractivity contribution in [2.45, 2.75) is 69.2 Å². The molecule has 11 heteroatoms. The Hall–Kier alpha value is -3.14. The van der Waals surface area contributed by atoms with E-state index in [0.717, 1.165) is 43.1 Å². The van der Waals surface area contributed by atoms with Gasteiger partial charge >= 0.3 is 12.0 Å². The summed E-state index contributed by atoms with van der Waals surface area (Å²) in [5.41, 5.74) is 1.86. The Balaban J connectivity index is 1.14. The highest BCUT2D eigenvalue weighted by Gasteiger charge is 2.44. The number of carboxylic acids is 1. The Bertz CT molecular complexity index is 1410. The third-order valence-corrected chi connectivity index (χ3v) is 8.44. The van der Waals surface area contributed by atoms with Crippen molar-refractivity contribution in [1.29, 1.82) is 0 Å². The zero-order valence-electron chi connectivity index (χ0n) is 20.8. The fourth-order valence-corrected chi connectivity index (χ4v) is 6.35. The summed E-state index contributed by atoms with van der Waals surface area (Å²) in [6.07, 6.45) is 4.96. The van der Waals surface area contributed by atoms with E-state index in [2.05, 4.69) is 10.5 Å². The van der Waals surface area contributed by atoms with Crippen molar-refractivity contribution in [3.8, 4) is 11.3 Å². The molecular weight excluding hydrogens is 548 g/mol. The summed E-state index contributed by atoms with van der Waals surface area (Å²) in [7, 11) is 0. The molecule has 0 spiro atoms. The standard InChI is InChI=1S/C28H26Cl2FN3O5/c29-20-2-1-3-21(30)24(20)25-19(26(39-33-25)14-4-5-14)13-38-18-11-16-7-8-17(12-18)34(16)28(37)32-23-9-6-15(27(35)36)10-22(23)31/h1-3,6,9-10,14,16-18H,4-5,7-8,11-13H2,(H,32,37)(H,35,36).